The highest BCUT2D eigenvalue weighted by Crippen LogP contribution is 2.25. The summed E-state index contributed by atoms with van der Waals surface area (Å²) in [6, 6.07) is 3.89. The van der Waals surface area contributed by atoms with Crippen molar-refractivity contribution in [1.29, 1.82) is 0 Å². The van der Waals surface area contributed by atoms with Crippen molar-refractivity contribution in [1.82, 2.24) is 9.78 Å². The fourth-order valence-electron chi connectivity index (χ4n) is 1.61. The predicted octanol–water partition coefficient (Wildman–Crippen LogP) is 2.54. The number of hydrogen-bond acceptors (Lipinski definition) is 4. The molecular weight excluding hydrogens is 284 g/mol. The molecule has 104 valence electrons. The van der Waals surface area contributed by atoms with Crippen LogP contribution in [0.1, 0.15) is 16.1 Å². The van der Waals surface area contributed by atoms with E-state index in [9.17, 15) is 14.9 Å². The lowest BCUT2D eigenvalue weighted by atomic mass is 10.2. The summed E-state index contributed by atoms with van der Waals surface area (Å²) in [7, 11) is 1.75. The Morgan fingerprint density at radius 2 is 2.20 bits per heavy atom. The number of nitrogens with zero attached hydrogens (tertiary/aromatic N) is 3. The van der Waals surface area contributed by atoms with Crippen molar-refractivity contribution in [3.8, 4) is 0 Å². The Balaban J connectivity index is 2.28. The number of nitrogens with one attached hydrogen (secondary N) is 1. The van der Waals surface area contributed by atoms with Gasteiger partial charge in [0.05, 0.1) is 22.5 Å². The van der Waals surface area contributed by atoms with E-state index in [4.69, 9.17) is 11.6 Å². The van der Waals surface area contributed by atoms with Gasteiger partial charge in [0.25, 0.3) is 11.6 Å². The zero-order chi connectivity index (χ0) is 14.9. The van der Waals surface area contributed by atoms with Crippen LogP contribution in [0.3, 0.4) is 0 Å². The number of nitro groups is 1. The Hall–Kier alpha value is -2.41. The lowest BCUT2D eigenvalue weighted by molar-refractivity contribution is -0.384. The van der Waals surface area contributed by atoms with Gasteiger partial charge in [-0.05, 0) is 19.1 Å². The molecule has 0 atom stereocenters. The van der Waals surface area contributed by atoms with Gasteiger partial charge in [-0.3, -0.25) is 19.6 Å². The molecule has 0 radical (unpaired) electrons. The summed E-state index contributed by atoms with van der Waals surface area (Å²) in [6.07, 6.45) is 1.51. The van der Waals surface area contributed by atoms with Crippen molar-refractivity contribution < 1.29 is 9.72 Å². The molecule has 0 unspecified atom stereocenters. The molecule has 0 fully saturated rings. The highest BCUT2D eigenvalue weighted by molar-refractivity contribution is 6.32. The van der Waals surface area contributed by atoms with Crippen LogP contribution in [0.25, 0.3) is 0 Å². The monoisotopic (exact) mass is 294 g/mol. The first-order chi connectivity index (χ1) is 9.40. The number of rotatable bonds is 3. The van der Waals surface area contributed by atoms with Crippen LogP contribution in [-0.4, -0.2) is 20.6 Å². The van der Waals surface area contributed by atoms with Crippen molar-refractivity contribution in [3.05, 3.63) is 50.8 Å². The second kappa shape index (κ2) is 5.30. The van der Waals surface area contributed by atoms with Crippen LogP contribution in [-0.2, 0) is 7.05 Å². The Morgan fingerprint density at radius 3 is 2.75 bits per heavy atom. The van der Waals surface area contributed by atoms with Gasteiger partial charge >= 0.3 is 0 Å². The van der Waals surface area contributed by atoms with Crippen LogP contribution in [0.5, 0.6) is 0 Å². The van der Waals surface area contributed by atoms with Crippen LogP contribution in [0, 0.1) is 17.0 Å². The minimum Gasteiger partial charge on any atom is -0.319 e. The van der Waals surface area contributed by atoms with E-state index in [0.29, 0.717) is 5.69 Å². The average Bonchev–Trinajstić information content (AvgIpc) is 2.71. The first-order valence-electron chi connectivity index (χ1n) is 5.64. The van der Waals surface area contributed by atoms with Gasteiger partial charge in [0, 0.05) is 18.7 Å². The number of amides is 1. The topological polar surface area (TPSA) is 90.1 Å². The van der Waals surface area contributed by atoms with Gasteiger partial charge in [0.2, 0.25) is 0 Å². The van der Waals surface area contributed by atoms with Gasteiger partial charge in [-0.1, -0.05) is 11.6 Å². The van der Waals surface area contributed by atoms with Gasteiger partial charge in [-0.25, -0.2) is 0 Å². The normalized spacial score (nSPS) is 10.3. The number of carbonyl (C=O) groups excluding carboxylic acids is 1. The molecule has 20 heavy (non-hydrogen) atoms. The smallest absolute Gasteiger partial charge is 0.288 e. The maximum Gasteiger partial charge on any atom is 0.288 e. The number of nitro benzene ring substituents is 1. The highest BCUT2D eigenvalue weighted by atomic mass is 35.5. The number of aromatic nitrogens is 2. The van der Waals surface area contributed by atoms with Crippen molar-refractivity contribution >= 4 is 28.9 Å². The van der Waals surface area contributed by atoms with E-state index in [1.54, 1.807) is 18.7 Å². The molecule has 1 aromatic heterocycles. The summed E-state index contributed by atoms with van der Waals surface area (Å²) >= 11 is 5.70. The summed E-state index contributed by atoms with van der Waals surface area (Å²) in [5.74, 6) is -0.458. The SMILES string of the molecule is Cc1c(NC(=O)c2ccc(Cl)c([N+](=O)[O-])c2)cnn1C. The number of aryl methyl sites for hydroxylation is 1. The zero-order valence-electron chi connectivity index (χ0n) is 10.8. The van der Waals surface area contributed by atoms with Gasteiger partial charge in [-0.2, -0.15) is 5.10 Å². The molecule has 2 rings (SSSR count). The molecule has 0 aliphatic rings. The average molecular weight is 295 g/mol. The molecule has 0 aliphatic heterocycles. The van der Waals surface area contributed by atoms with Crippen molar-refractivity contribution in [3.63, 3.8) is 0 Å². The standard InChI is InChI=1S/C12H11ClN4O3/c1-7-10(6-14-16(7)2)15-12(18)8-3-4-9(13)11(5-8)17(19)20/h3-6H,1-2H3,(H,15,18). The summed E-state index contributed by atoms with van der Waals surface area (Å²) in [6.45, 7) is 1.80. The van der Waals surface area contributed by atoms with Gasteiger partial charge in [0.1, 0.15) is 5.02 Å². The van der Waals surface area contributed by atoms with E-state index < -0.39 is 10.8 Å². The summed E-state index contributed by atoms with van der Waals surface area (Å²) in [4.78, 5) is 22.2. The van der Waals surface area contributed by atoms with Gasteiger partial charge in [0.15, 0.2) is 0 Å². The first-order valence-corrected chi connectivity index (χ1v) is 6.02. The third kappa shape index (κ3) is 2.62. The van der Waals surface area contributed by atoms with Crippen molar-refractivity contribution in [2.24, 2.45) is 7.05 Å². The van der Waals surface area contributed by atoms with Gasteiger partial charge in [-0.15, -0.1) is 0 Å². The summed E-state index contributed by atoms with van der Waals surface area (Å²) < 4.78 is 1.61. The van der Waals surface area contributed by atoms with E-state index in [2.05, 4.69) is 10.4 Å². The molecule has 0 aliphatic carbocycles. The fourth-order valence-corrected chi connectivity index (χ4v) is 1.80. The van der Waals surface area contributed by atoms with Crippen LogP contribution < -0.4 is 5.32 Å². The van der Waals surface area contributed by atoms with Crippen molar-refractivity contribution in [2.75, 3.05) is 5.32 Å². The summed E-state index contributed by atoms with van der Waals surface area (Å²) in [5, 5.41) is 17.4. The minimum absolute atomic E-state index is 0.0101. The van der Waals surface area contributed by atoms with Gasteiger partial charge < -0.3 is 5.32 Å². The Kier molecular flexibility index (Phi) is 3.71. The van der Waals surface area contributed by atoms with E-state index in [-0.39, 0.29) is 16.3 Å². The lowest BCUT2D eigenvalue weighted by Crippen LogP contribution is -2.12. The number of anilines is 1. The molecule has 0 spiro atoms. The van der Waals surface area contributed by atoms with E-state index in [1.165, 1.54) is 18.3 Å². The highest BCUT2D eigenvalue weighted by Gasteiger charge is 2.17. The maximum atomic E-state index is 12.0. The quantitative estimate of drug-likeness (QED) is 0.695. The molecule has 1 N–H and O–H groups in total. The van der Waals surface area contributed by atoms with Crippen LogP contribution in [0.4, 0.5) is 11.4 Å². The third-order valence-electron chi connectivity index (χ3n) is 2.89. The third-order valence-corrected chi connectivity index (χ3v) is 3.21. The lowest BCUT2D eigenvalue weighted by Gasteiger charge is -2.05. The molecule has 1 heterocycles. The number of benzene rings is 1. The van der Waals surface area contributed by atoms with E-state index in [0.717, 1.165) is 11.8 Å². The van der Waals surface area contributed by atoms with Crippen molar-refractivity contribution in [2.45, 2.75) is 6.92 Å². The number of hydrogen-bond donors (Lipinski definition) is 1. The largest absolute Gasteiger partial charge is 0.319 e. The second-order valence-electron chi connectivity index (χ2n) is 4.14. The number of carbonyl (C=O) groups is 1. The molecule has 1 aromatic carbocycles. The first kappa shape index (κ1) is 14.0. The molecule has 0 saturated heterocycles. The molecular formula is C12H11ClN4O3. The Morgan fingerprint density at radius 1 is 1.50 bits per heavy atom. The predicted molar refractivity (Wildman–Crippen MR) is 74.0 cm³/mol. The van der Waals surface area contributed by atoms with E-state index >= 15 is 0 Å². The van der Waals surface area contributed by atoms with Crippen LogP contribution in [0.15, 0.2) is 24.4 Å². The molecule has 2 aromatic rings. The zero-order valence-corrected chi connectivity index (χ0v) is 11.5. The Bertz CT molecular complexity index is 696. The minimum atomic E-state index is -0.631. The Labute approximate surface area is 119 Å². The molecule has 7 nitrogen and oxygen atoms in total. The second-order valence-corrected chi connectivity index (χ2v) is 4.55. The number of halogens is 1. The molecule has 8 heteroatoms. The van der Waals surface area contributed by atoms with Crippen LogP contribution >= 0.6 is 11.6 Å². The molecule has 0 bridgehead atoms. The fraction of sp³-hybridized carbons (Fsp3) is 0.167. The molecule has 1 amide bonds. The molecule has 0 saturated carbocycles. The van der Waals surface area contributed by atoms with E-state index in [1.807, 2.05) is 0 Å². The summed E-state index contributed by atoms with van der Waals surface area (Å²) in [5.41, 5.74) is 1.18. The van der Waals surface area contributed by atoms with Crippen LogP contribution in [0.2, 0.25) is 5.02 Å². The maximum absolute atomic E-state index is 12.0.